The van der Waals surface area contributed by atoms with E-state index in [-0.39, 0.29) is 11.6 Å². The van der Waals surface area contributed by atoms with E-state index in [0.29, 0.717) is 5.02 Å². The fraction of sp³-hybridized carbons (Fsp3) is 0.545. The Morgan fingerprint density at radius 1 is 1.62 bits per heavy atom. The molecule has 1 amide bonds. The SMILES string of the molecule is C[C@@H](Cn1cc(Cl)cn1)C(=O)N1N=CC[C@@]1(O)C(F)(F)F. The maximum absolute atomic E-state index is 12.9. The van der Waals surface area contributed by atoms with E-state index in [1.165, 1.54) is 24.0 Å². The summed E-state index contributed by atoms with van der Waals surface area (Å²) < 4.78 is 40.0. The lowest BCUT2D eigenvalue weighted by Crippen LogP contribution is -2.57. The van der Waals surface area contributed by atoms with E-state index in [4.69, 9.17) is 11.6 Å². The van der Waals surface area contributed by atoms with Crippen LogP contribution in [0.4, 0.5) is 13.2 Å². The van der Waals surface area contributed by atoms with Crippen molar-refractivity contribution in [3.05, 3.63) is 17.4 Å². The van der Waals surface area contributed by atoms with Gasteiger partial charge in [-0.15, -0.1) is 0 Å². The molecule has 0 fully saturated rings. The highest BCUT2D eigenvalue weighted by molar-refractivity contribution is 6.30. The molecule has 0 saturated heterocycles. The van der Waals surface area contributed by atoms with Crippen LogP contribution in [0.15, 0.2) is 17.5 Å². The van der Waals surface area contributed by atoms with Crippen molar-refractivity contribution >= 4 is 23.7 Å². The van der Waals surface area contributed by atoms with E-state index in [1.54, 1.807) is 0 Å². The Morgan fingerprint density at radius 2 is 2.29 bits per heavy atom. The predicted octanol–water partition coefficient (Wildman–Crippen LogP) is 1.64. The quantitative estimate of drug-likeness (QED) is 0.919. The summed E-state index contributed by atoms with van der Waals surface area (Å²) in [4.78, 5) is 12.1. The summed E-state index contributed by atoms with van der Waals surface area (Å²) in [6.45, 7) is 1.44. The van der Waals surface area contributed by atoms with E-state index in [1.807, 2.05) is 0 Å². The third-order valence-electron chi connectivity index (χ3n) is 3.07. The highest BCUT2D eigenvalue weighted by Crippen LogP contribution is 2.39. The summed E-state index contributed by atoms with van der Waals surface area (Å²) >= 11 is 5.66. The maximum Gasteiger partial charge on any atom is 0.438 e. The number of aliphatic hydroxyl groups is 1. The Kier molecular flexibility index (Phi) is 3.98. The normalized spacial score (nSPS) is 23.6. The van der Waals surface area contributed by atoms with Crippen LogP contribution in [0.2, 0.25) is 5.02 Å². The highest BCUT2D eigenvalue weighted by Gasteiger charge is 2.61. The number of hydrazone groups is 1. The summed E-state index contributed by atoms with van der Waals surface area (Å²) in [7, 11) is 0. The zero-order chi connectivity index (χ0) is 15.8. The standard InChI is InChI=1S/C11H12ClF3N4O2/c1-7(5-18-6-8(12)4-17-18)9(20)19-10(21,2-3-16-19)11(13,14)15/h3-4,6-7,21H,2,5H2,1H3/t7-,10+/m0/s1. The molecule has 1 aromatic heterocycles. The van der Waals surface area contributed by atoms with Crippen molar-refractivity contribution in [1.29, 1.82) is 0 Å². The van der Waals surface area contributed by atoms with Crippen molar-refractivity contribution in [2.75, 3.05) is 0 Å². The number of hydrogen-bond acceptors (Lipinski definition) is 4. The average molecular weight is 325 g/mol. The lowest BCUT2D eigenvalue weighted by atomic mass is 10.1. The zero-order valence-electron chi connectivity index (χ0n) is 10.9. The first-order valence-electron chi connectivity index (χ1n) is 5.99. The van der Waals surface area contributed by atoms with Gasteiger partial charge >= 0.3 is 6.18 Å². The molecule has 1 aliphatic rings. The summed E-state index contributed by atoms with van der Waals surface area (Å²) in [6, 6.07) is 0. The zero-order valence-corrected chi connectivity index (χ0v) is 11.6. The second kappa shape index (κ2) is 5.30. The average Bonchev–Trinajstić information content (AvgIpc) is 2.95. The number of carbonyl (C=O) groups excluding carboxylic acids is 1. The minimum Gasteiger partial charge on any atom is -0.362 e. The van der Waals surface area contributed by atoms with Crippen molar-refractivity contribution in [2.45, 2.75) is 31.8 Å². The van der Waals surface area contributed by atoms with Crippen LogP contribution in [0.25, 0.3) is 0 Å². The third-order valence-corrected chi connectivity index (χ3v) is 3.27. The summed E-state index contributed by atoms with van der Waals surface area (Å²) in [5.74, 6) is -1.82. The molecule has 116 valence electrons. The Morgan fingerprint density at radius 3 is 2.81 bits per heavy atom. The van der Waals surface area contributed by atoms with Gasteiger partial charge in [-0.05, 0) is 0 Å². The van der Waals surface area contributed by atoms with Crippen molar-refractivity contribution in [2.24, 2.45) is 11.0 Å². The van der Waals surface area contributed by atoms with Gasteiger partial charge in [0.25, 0.3) is 5.72 Å². The molecule has 6 nitrogen and oxygen atoms in total. The molecule has 10 heteroatoms. The lowest BCUT2D eigenvalue weighted by molar-refractivity contribution is -0.303. The van der Waals surface area contributed by atoms with Gasteiger partial charge in [0.1, 0.15) is 0 Å². The van der Waals surface area contributed by atoms with Crippen molar-refractivity contribution < 1.29 is 23.1 Å². The molecule has 0 saturated carbocycles. The number of halogens is 4. The molecule has 0 aliphatic carbocycles. The number of amides is 1. The second-order valence-electron chi connectivity index (χ2n) is 4.75. The van der Waals surface area contributed by atoms with Gasteiger partial charge in [-0.1, -0.05) is 18.5 Å². The maximum atomic E-state index is 12.9. The van der Waals surface area contributed by atoms with Crippen LogP contribution in [-0.4, -0.2) is 43.9 Å². The molecule has 0 spiro atoms. The number of carbonyl (C=O) groups is 1. The predicted molar refractivity (Wildman–Crippen MR) is 67.4 cm³/mol. The van der Waals surface area contributed by atoms with Gasteiger partial charge in [-0.3, -0.25) is 9.48 Å². The first kappa shape index (κ1) is 15.8. The van der Waals surface area contributed by atoms with Gasteiger partial charge in [-0.25, -0.2) is 0 Å². The van der Waals surface area contributed by atoms with Crippen LogP contribution in [0.1, 0.15) is 13.3 Å². The second-order valence-corrected chi connectivity index (χ2v) is 5.18. The molecular weight excluding hydrogens is 313 g/mol. The minimum atomic E-state index is -4.99. The Labute approximate surface area is 122 Å². The molecule has 0 bridgehead atoms. The highest BCUT2D eigenvalue weighted by atomic mass is 35.5. The molecule has 1 N–H and O–H groups in total. The number of nitrogens with zero attached hydrogens (tertiary/aromatic N) is 4. The molecule has 21 heavy (non-hydrogen) atoms. The molecule has 2 atom stereocenters. The minimum absolute atomic E-state index is 0.0194. The summed E-state index contributed by atoms with van der Waals surface area (Å²) in [5.41, 5.74) is -3.29. The van der Waals surface area contributed by atoms with Gasteiger partial charge < -0.3 is 5.11 Å². The van der Waals surface area contributed by atoms with Crippen LogP contribution in [0, 0.1) is 5.92 Å². The van der Waals surface area contributed by atoms with Gasteiger partial charge in [-0.2, -0.15) is 28.4 Å². The van der Waals surface area contributed by atoms with Gasteiger partial charge in [0, 0.05) is 18.8 Å². The molecule has 1 aliphatic heterocycles. The molecular formula is C11H12ClF3N4O2. The summed E-state index contributed by atoms with van der Waals surface area (Å²) in [6.07, 6.45) is -2.13. The monoisotopic (exact) mass is 324 g/mol. The van der Waals surface area contributed by atoms with E-state index in [9.17, 15) is 23.1 Å². The van der Waals surface area contributed by atoms with Crippen LogP contribution in [0.3, 0.4) is 0 Å². The third kappa shape index (κ3) is 2.88. The number of hydrogen-bond donors (Lipinski definition) is 1. The van der Waals surface area contributed by atoms with Crippen LogP contribution < -0.4 is 0 Å². The summed E-state index contributed by atoms with van der Waals surface area (Å²) in [5, 5.41) is 17.3. The van der Waals surface area contributed by atoms with Crippen molar-refractivity contribution in [1.82, 2.24) is 14.8 Å². The lowest BCUT2D eigenvalue weighted by Gasteiger charge is -2.33. The molecule has 0 unspecified atom stereocenters. The number of rotatable bonds is 3. The van der Waals surface area contributed by atoms with E-state index < -0.39 is 30.1 Å². The fourth-order valence-corrected chi connectivity index (χ4v) is 2.07. The van der Waals surface area contributed by atoms with Crippen LogP contribution in [-0.2, 0) is 11.3 Å². The number of alkyl halides is 3. The fourth-order valence-electron chi connectivity index (χ4n) is 1.91. The Hall–Kier alpha value is -1.61. The van der Waals surface area contributed by atoms with E-state index in [0.717, 1.165) is 6.21 Å². The first-order valence-corrected chi connectivity index (χ1v) is 6.36. The van der Waals surface area contributed by atoms with Gasteiger partial charge in [0.15, 0.2) is 0 Å². The van der Waals surface area contributed by atoms with Crippen molar-refractivity contribution in [3.8, 4) is 0 Å². The van der Waals surface area contributed by atoms with Gasteiger partial charge in [0.2, 0.25) is 5.91 Å². The van der Waals surface area contributed by atoms with Crippen LogP contribution in [0.5, 0.6) is 0 Å². The Balaban J connectivity index is 2.13. The largest absolute Gasteiger partial charge is 0.438 e. The smallest absolute Gasteiger partial charge is 0.362 e. The molecule has 0 aromatic carbocycles. The Bertz CT molecular complexity index is 574. The van der Waals surface area contributed by atoms with E-state index in [2.05, 4.69) is 10.2 Å². The van der Waals surface area contributed by atoms with Crippen LogP contribution >= 0.6 is 11.6 Å². The molecule has 0 radical (unpaired) electrons. The number of aromatic nitrogens is 2. The first-order chi connectivity index (χ1) is 9.65. The van der Waals surface area contributed by atoms with Crippen molar-refractivity contribution in [3.63, 3.8) is 0 Å². The molecule has 2 rings (SSSR count). The molecule has 2 heterocycles. The molecule has 1 aromatic rings. The van der Waals surface area contributed by atoms with Gasteiger partial charge in [0.05, 0.1) is 23.7 Å². The van der Waals surface area contributed by atoms with E-state index >= 15 is 0 Å². The topological polar surface area (TPSA) is 70.7 Å².